The molecular weight excluding hydrogens is 268 g/mol. The predicted octanol–water partition coefficient (Wildman–Crippen LogP) is 3.89. The molecular formula is C16H28O3Si. The second kappa shape index (κ2) is 8.52. The van der Waals surface area contributed by atoms with E-state index in [1.807, 2.05) is 6.08 Å². The summed E-state index contributed by atoms with van der Waals surface area (Å²) in [4.78, 5) is 22.8. The monoisotopic (exact) mass is 296 g/mol. The molecule has 2 unspecified atom stereocenters. The van der Waals surface area contributed by atoms with Crippen LogP contribution in [0.4, 0.5) is 0 Å². The molecule has 3 nitrogen and oxygen atoms in total. The van der Waals surface area contributed by atoms with Crippen molar-refractivity contribution in [1.82, 2.24) is 0 Å². The molecule has 0 heterocycles. The molecule has 1 rings (SSSR count). The Kier molecular flexibility index (Phi) is 7.38. The Balaban J connectivity index is 2.85. The minimum Gasteiger partial charge on any atom is -0.413 e. The Bertz CT molecular complexity index is 339. The molecule has 0 fully saturated rings. The van der Waals surface area contributed by atoms with Crippen LogP contribution in [0.3, 0.4) is 0 Å². The van der Waals surface area contributed by atoms with Crippen molar-refractivity contribution in [3.05, 3.63) is 12.2 Å². The largest absolute Gasteiger partial charge is 0.413 e. The summed E-state index contributed by atoms with van der Waals surface area (Å²) in [7, 11) is -1.74. The highest BCUT2D eigenvalue weighted by Gasteiger charge is 2.37. The zero-order valence-electron chi connectivity index (χ0n) is 13.1. The first kappa shape index (κ1) is 17.3. The number of rotatable bonds is 9. The molecule has 0 radical (unpaired) electrons. The molecule has 0 saturated heterocycles. The van der Waals surface area contributed by atoms with E-state index in [0.717, 1.165) is 37.3 Å². The van der Waals surface area contributed by atoms with Crippen LogP contribution >= 0.6 is 0 Å². The molecule has 0 amide bonds. The molecule has 114 valence electrons. The molecule has 0 N–H and O–H groups in total. The highest BCUT2D eigenvalue weighted by molar-refractivity contribution is 6.73. The molecule has 0 aliphatic heterocycles. The second-order valence-corrected chi connectivity index (χ2v) is 10.4. The number of carbonyl (C=O) groups is 2. The van der Waals surface area contributed by atoms with E-state index in [0.29, 0.717) is 12.8 Å². The van der Waals surface area contributed by atoms with Gasteiger partial charge in [-0.25, -0.2) is 0 Å². The van der Waals surface area contributed by atoms with Crippen molar-refractivity contribution < 1.29 is 14.0 Å². The van der Waals surface area contributed by atoms with E-state index in [2.05, 4.69) is 20.8 Å². The molecule has 1 aliphatic carbocycles. The van der Waals surface area contributed by atoms with Gasteiger partial charge < -0.3 is 9.22 Å². The van der Waals surface area contributed by atoms with Crippen LogP contribution in [0, 0.1) is 5.92 Å². The lowest BCUT2D eigenvalue weighted by molar-refractivity contribution is -0.122. The van der Waals surface area contributed by atoms with Crippen LogP contribution in [0.15, 0.2) is 12.2 Å². The van der Waals surface area contributed by atoms with E-state index in [9.17, 15) is 9.59 Å². The average Bonchev–Trinajstić information content (AvgIpc) is 2.49. The Hall–Kier alpha value is -0.743. The van der Waals surface area contributed by atoms with Crippen LogP contribution in [0.1, 0.15) is 46.5 Å². The summed E-state index contributed by atoms with van der Waals surface area (Å²) in [6, 6.07) is 3.23. The van der Waals surface area contributed by atoms with E-state index < -0.39 is 8.32 Å². The third-order valence-electron chi connectivity index (χ3n) is 4.64. The summed E-state index contributed by atoms with van der Waals surface area (Å²) in [6.45, 7) is 6.58. The Morgan fingerprint density at radius 2 is 2.00 bits per heavy atom. The van der Waals surface area contributed by atoms with E-state index in [-0.39, 0.29) is 17.8 Å². The number of carbonyl (C=O) groups excluding carboxylic acids is 2. The van der Waals surface area contributed by atoms with Crippen molar-refractivity contribution in [3.63, 3.8) is 0 Å². The third kappa shape index (κ3) is 4.38. The number of ketones is 1. The van der Waals surface area contributed by atoms with Gasteiger partial charge in [-0.15, -0.1) is 0 Å². The van der Waals surface area contributed by atoms with Crippen molar-refractivity contribution in [2.45, 2.75) is 70.7 Å². The molecule has 2 atom stereocenters. The van der Waals surface area contributed by atoms with Gasteiger partial charge in [0.15, 0.2) is 14.1 Å². The summed E-state index contributed by atoms with van der Waals surface area (Å²) < 4.78 is 6.52. The van der Waals surface area contributed by atoms with Gasteiger partial charge in [0.1, 0.15) is 6.29 Å². The van der Waals surface area contributed by atoms with Crippen molar-refractivity contribution in [3.8, 4) is 0 Å². The van der Waals surface area contributed by atoms with Crippen molar-refractivity contribution in [2.75, 3.05) is 0 Å². The SMILES string of the molecule is CC[Si](CC)(CC)OC(CCC=O)C1CCC=CC1=O. The lowest BCUT2D eigenvalue weighted by Crippen LogP contribution is -2.44. The van der Waals surface area contributed by atoms with Gasteiger partial charge in [0.25, 0.3) is 0 Å². The maximum absolute atomic E-state index is 12.1. The number of hydrogen-bond acceptors (Lipinski definition) is 3. The van der Waals surface area contributed by atoms with Gasteiger partial charge in [-0.05, 0) is 43.5 Å². The van der Waals surface area contributed by atoms with E-state index in [1.165, 1.54) is 0 Å². The molecule has 0 aromatic rings. The zero-order valence-corrected chi connectivity index (χ0v) is 14.1. The maximum Gasteiger partial charge on any atom is 0.192 e. The highest BCUT2D eigenvalue weighted by atomic mass is 28.4. The lowest BCUT2D eigenvalue weighted by atomic mass is 9.86. The smallest absolute Gasteiger partial charge is 0.192 e. The van der Waals surface area contributed by atoms with E-state index in [4.69, 9.17) is 4.43 Å². The van der Waals surface area contributed by atoms with Crippen LogP contribution in [-0.2, 0) is 14.0 Å². The first-order valence-corrected chi connectivity index (χ1v) is 10.5. The molecule has 0 saturated carbocycles. The molecule has 0 spiro atoms. The Morgan fingerprint density at radius 1 is 1.35 bits per heavy atom. The number of hydrogen-bond donors (Lipinski definition) is 0. The molecule has 0 aromatic heterocycles. The fraction of sp³-hybridized carbons (Fsp3) is 0.750. The summed E-state index contributed by atoms with van der Waals surface area (Å²) in [6.07, 6.45) is 7.48. The van der Waals surface area contributed by atoms with E-state index in [1.54, 1.807) is 6.08 Å². The summed E-state index contributed by atoms with van der Waals surface area (Å²) in [5, 5.41) is 0. The zero-order chi connectivity index (χ0) is 15.0. The Labute approximate surface area is 123 Å². The standard InChI is InChI=1S/C16H28O3Si/c1-4-20(5-2,6-3)19-16(12-9-13-17)14-10-7-8-11-15(14)18/h8,11,13-14,16H,4-7,9-10,12H2,1-3H3. The minimum absolute atomic E-state index is 0.0449. The predicted molar refractivity (Wildman–Crippen MR) is 84.2 cm³/mol. The van der Waals surface area contributed by atoms with Gasteiger partial charge in [0.2, 0.25) is 0 Å². The van der Waals surface area contributed by atoms with Crippen LogP contribution < -0.4 is 0 Å². The van der Waals surface area contributed by atoms with Gasteiger partial charge >= 0.3 is 0 Å². The first-order chi connectivity index (χ1) is 9.62. The molecule has 0 aromatic carbocycles. The average molecular weight is 296 g/mol. The quantitative estimate of drug-likeness (QED) is 0.479. The second-order valence-electron chi connectivity index (χ2n) is 5.63. The van der Waals surface area contributed by atoms with Crippen molar-refractivity contribution in [1.29, 1.82) is 0 Å². The fourth-order valence-electron chi connectivity index (χ4n) is 3.01. The normalized spacial score (nSPS) is 20.9. The molecule has 4 heteroatoms. The van der Waals surface area contributed by atoms with Gasteiger partial charge in [0, 0.05) is 12.3 Å². The minimum atomic E-state index is -1.74. The van der Waals surface area contributed by atoms with E-state index >= 15 is 0 Å². The van der Waals surface area contributed by atoms with Crippen LogP contribution in [0.5, 0.6) is 0 Å². The van der Waals surface area contributed by atoms with Crippen LogP contribution in [-0.4, -0.2) is 26.5 Å². The summed E-state index contributed by atoms with van der Waals surface area (Å²) in [5.41, 5.74) is 0. The van der Waals surface area contributed by atoms with Gasteiger partial charge in [-0.3, -0.25) is 4.79 Å². The van der Waals surface area contributed by atoms with Gasteiger partial charge in [0.05, 0.1) is 6.10 Å². The first-order valence-electron chi connectivity index (χ1n) is 7.94. The van der Waals surface area contributed by atoms with Crippen molar-refractivity contribution >= 4 is 20.4 Å². The molecule has 1 aliphatic rings. The van der Waals surface area contributed by atoms with Crippen molar-refractivity contribution in [2.24, 2.45) is 5.92 Å². The Morgan fingerprint density at radius 3 is 2.50 bits per heavy atom. The fourth-order valence-corrected chi connectivity index (χ4v) is 5.93. The van der Waals surface area contributed by atoms with Gasteiger partial charge in [-0.1, -0.05) is 26.8 Å². The van der Waals surface area contributed by atoms with Crippen LogP contribution in [0.25, 0.3) is 0 Å². The third-order valence-corrected chi connectivity index (χ3v) is 9.31. The highest BCUT2D eigenvalue weighted by Crippen LogP contribution is 2.31. The maximum atomic E-state index is 12.1. The number of allylic oxidation sites excluding steroid dienone is 2. The lowest BCUT2D eigenvalue weighted by Gasteiger charge is -2.37. The molecule has 20 heavy (non-hydrogen) atoms. The topological polar surface area (TPSA) is 43.4 Å². The number of aldehydes is 1. The summed E-state index contributed by atoms with van der Waals surface area (Å²) >= 11 is 0. The summed E-state index contributed by atoms with van der Waals surface area (Å²) in [5.74, 6) is 0.134. The van der Waals surface area contributed by atoms with Crippen LogP contribution in [0.2, 0.25) is 18.1 Å². The van der Waals surface area contributed by atoms with Gasteiger partial charge in [-0.2, -0.15) is 0 Å². The molecule has 0 bridgehead atoms.